The number of aryl methyl sites for hydroxylation is 1. The van der Waals surface area contributed by atoms with Crippen molar-refractivity contribution in [1.29, 1.82) is 0 Å². The molecule has 0 bridgehead atoms. The van der Waals surface area contributed by atoms with Gasteiger partial charge in [0.1, 0.15) is 24.9 Å². The quantitative estimate of drug-likeness (QED) is 0.632. The second-order valence-electron chi connectivity index (χ2n) is 5.27. The Morgan fingerprint density at radius 2 is 1.95 bits per heavy atom. The van der Waals surface area contributed by atoms with Gasteiger partial charge in [-0.2, -0.15) is 0 Å². The maximum atomic E-state index is 11.2. The zero-order chi connectivity index (χ0) is 16.1. The third-order valence-electron chi connectivity index (χ3n) is 3.29. The topological polar surface area (TPSA) is 61.8 Å². The van der Waals surface area contributed by atoms with Gasteiger partial charge in [0, 0.05) is 13.8 Å². The van der Waals surface area contributed by atoms with Gasteiger partial charge in [-0.1, -0.05) is 35.9 Å². The number of hydrogen-bond acceptors (Lipinski definition) is 5. The van der Waals surface area contributed by atoms with Crippen LogP contribution in [0.15, 0.2) is 36.4 Å². The number of rotatable bonds is 4. The Hall–Kier alpha value is -2.14. The Balaban J connectivity index is 2.15. The van der Waals surface area contributed by atoms with Gasteiger partial charge in [0.25, 0.3) is 0 Å². The van der Waals surface area contributed by atoms with Crippen molar-refractivity contribution in [1.82, 2.24) is 0 Å². The highest BCUT2D eigenvalue weighted by Gasteiger charge is 2.31. The predicted molar refractivity (Wildman–Crippen MR) is 80.1 cm³/mol. The summed E-state index contributed by atoms with van der Waals surface area (Å²) >= 11 is 0. The highest BCUT2D eigenvalue weighted by molar-refractivity contribution is 5.66. The molecule has 0 aromatic heterocycles. The van der Waals surface area contributed by atoms with Gasteiger partial charge in [-0.05, 0) is 18.6 Å². The number of esters is 2. The predicted octanol–water partition coefficient (Wildman–Crippen LogP) is 2.49. The van der Waals surface area contributed by atoms with E-state index >= 15 is 0 Å². The van der Waals surface area contributed by atoms with Gasteiger partial charge in [0.15, 0.2) is 0 Å². The average molecular weight is 304 g/mol. The largest absolute Gasteiger partial charge is 0.463 e. The van der Waals surface area contributed by atoms with E-state index in [0.29, 0.717) is 0 Å². The molecule has 0 amide bonds. The van der Waals surface area contributed by atoms with Crippen molar-refractivity contribution in [3.05, 3.63) is 47.5 Å². The molecule has 3 atom stereocenters. The normalized spacial score (nSPS) is 23.9. The van der Waals surface area contributed by atoms with E-state index < -0.39 is 24.1 Å². The van der Waals surface area contributed by atoms with Crippen LogP contribution in [-0.2, 0) is 23.8 Å². The van der Waals surface area contributed by atoms with Crippen LogP contribution >= 0.6 is 0 Å². The molecule has 1 aliphatic heterocycles. The molecule has 2 rings (SSSR count). The highest BCUT2D eigenvalue weighted by Crippen LogP contribution is 2.28. The molecule has 0 N–H and O–H groups in total. The molecule has 118 valence electrons. The molecule has 0 aliphatic carbocycles. The third kappa shape index (κ3) is 4.43. The second kappa shape index (κ2) is 7.22. The van der Waals surface area contributed by atoms with E-state index in [1.54, 1.807) is 6.08 Å². The molecule has 5 nitrogen and oxygen atoms in total. The summed E-state index contributed by atoms with van der Waals surface area (Å²) in [6.07, 6.45) is 2.30. The zero-order valence-electron chi connectivity index (χ0n) is 12.9. The monoisotopic (exact) mass is 304 g/mol. The molecule has 1 aromatic rings. The van der Waals surface area contributed by atoms with Gasteiger partial charge in [-0.15, -0.1) is 0 Å². The minimum absolute atomic E-state index is 0.0416. The fourth-order valence-electron chi connectivity index (χ4n) is 2.32. The van der Waals surface area contributed by atoms with Crippen LogP contribution in [0, 0.1) is 6.92 Å². The number of carbonyl (C=O) groups excluding carboxylic acids is 2. The summed E-state index contributed by atoms with van der Waals surface area (Å²) in [4.78, 5) is 22.2. The molecule has 0 spiro atoms. The lowest BCUT2D eigenvalue weighted by Crippen LogP contribution is -2.39. The van der Waals surface area contributed by atoms with Crippen molar-refractivity contribution in [2.45, 2.75) is 39.1 Å². The number of hydrogen-bond donors (Lipinski definition) is 0. The minimum Gasteiger partial charge on any atom is -0.463 e. The van der Waals surface area contributed by atoms with Crippen LogP contribution < -0.4 is 0 Å². The van der Waals surface area contributed by atoms with E-state index in [1.807, 2.05) is 37.3 Å². The van der Waals surface area contributed by atoms with Gasteiger partial charge in [-0.3, -0.25) is 9.59 Å². The molecule has 5 heteroatoms. The second-order valence-corrected chi connectivity index (χ2v) is 5.27. The smallest absolute Gasteiger partial charge is 0.303 e. The van der Waals surface area contributed by atoms with Crippen molar-refractivity contribution in [2.75, 3.05) is 6.61 Å². The molecule has 0 saturated carbocycles. The lowest BCUT2D eigenvalue weighted by atomic mass is 10.0. The fraction of sp³-hybridized carbons (Fsp3) is 0.412. The zero-order valence-corrected chi connectivity index (χ0v) is 12.9. The van der Waals surface area contributed by atoms with Crippen LogP contribution in [0.5, 0.6) is 0 Å². The van der Waals surface area contributed by atoms with Crippen LogP contribution in [0.1, 0.15) is 31.1 Å². The molecule has 22 heavy (non-hydrogen) atoms. The molecule has 0 radical (unpaired) electrons. The Kier molecular flexibility index (Phi) is 5.33. The first kappa shape index (κ1) is 16.2. The number of carbonyl (C=O) groups is 2. The van der Waals surface area contributed by atoms with Crippen molar-refractivity contribution in [2.24, 2.45) is 0 Å². The maximum Gasteiger partial charge on any atom is 0.303 e. The number of ether oxygens (including phenoxy) is 3. The van der Waals surface area contributed by atoms with E-state index in [-0.39, 0.29) is 12.7 Å². The molecule has 1 aliphatic rings. The average Bonchev–Trinajstić information content (AvgIpc) is 2.45. The van der Waals surface area contributed by atoms with E-state index in [4.69, 9.17) is 14.2 Å². The third-order valence-corrected chi connectivity index (χ3v) is 3.29. The Morgan fingerprint density at radius 3 is 2.59 bits per heavy atom. The molecule has 0 saturated heterocycles. The Morgan fingerprint density at radius 1 is 1.18 bits per heavy atom. The molecule has 1 heterocycles. The van der Waals surface area contributed by atoms with Crippen molar-refractivity contribution in [3.63, 3.8) is 0 Å². The van der Waals surface area contributed by atoms with E-state index in [0.717, 1.165) is 11.1 Å². The van der Waals surface area contributed by atoms with E-state index in [2.05, 4.69) is 0 Å². The van der Waals surface area contributed by atoms with Crippen LogP contribution in [0.2, 0.25) is 0 Å². The van der Waals surface area contributed by atoms with E-state index in [9.17, 15) is 9.59 Å². The molecule has 1 aromatic carbocycles. The van der Waals surface area contributed by atoms with Crippen molar-refractivity contribution in [3.8, 4) is 0 Å². The Labute approximate surface area is 129 Å². The summed E-state index contributed by atoms with van der Waals surface area (Å²) in [5.41, 5.74) is 2.14. The van der Waals surface area contributed by atoms with Gasteiger partial charge in [0.05, 0.1) is 0 Å². The van der Waals surface area contributed by atoms with Crippen LogP contribution in [0.4, 0.5) is 0 Å². The van der Waals surface area contributed by atoms with Crippen LogP contribution in [0.3, 0.4) is 0 Å². The molecular weight excluding hydrogens is 284 g/mol. The molecule has 0 unspecified atom stereocenters. The van der Waals surface area contributed by atoms with Crippen molar-refractivity contribution < 1.29 is 23.8 Å². The fourth-order valence-corrected chi connectivity index (χ4v) is 2.32. The van der Waals surface area contributed by atoms with Gasteiger partial charge < -0.3 is 14.2 Å². The minimum atomic E-state index is -0.557. The summed E-state index contributed by atoms with van der Waals surface area (Å²) in [5, 5.41) is 0. The summed E-state index contributed by atoms with van der Waals surface area (Å²) in [7, 11) is 0. The summed E-state index contributed by atoms with van der Waals surface area (Å²) in [6, 6.07) is 7.97. The lowest BCUT2D eigenvalue weighted by molar-refractivity contribution is -0.163. The summed E-state index contributed by atoms with van der Waals surface area (Å²) < 4.78 is 16.2. The standard InChI is InChI=1S/C17H20O5/c1-11-5-4-6-14(9-11)15-7-8-16(21-13(3)19)17(22-15)10-20-12(2)18/h4-9,15-17H,10H2,1-3H3/t15-,16-,17+/m0/s1. The summed E-state index contributed by atoms with van der Waals surface area (Å²) in [5.74, 6) is -0.799. The molecular formula is C17H20O5. The highest BCUT2D eigenvalue weighted by atomic mass is 16.6. The Bertz CT molecular complexity index is 578. The van der Waals surface area contributed by atoms with Crippen LogP contribution in [0.25, 0.3) is 0 Å². The first-order valence-electron chi connectivity index (χ1n) is 7.16. The van der Waals surface area contributed by atoms with Gasteiger partial charge >= 0.3 is 11.9 Å². The molecule has 0 fully saturated rings. The first-order valence-corrected chi connectivity index (χ1v) is 7.16. The maximum absolute atomic E-state index is 11.2. The van der Waals surface area contributed by atoms with Crippen molar-refractivity contribution >= 4 is 11.9 Å². The van der Waals surface area contributed by atoms with E-state index in [1.165, 1.54) is 13.8 Å². The first-order chi connectivity index (χ1) is 10.5. The van der Waals surface area contributed by atoms with Crippen LogP contribution in [-0.4, -0.2) is 30.8 Å². The van der Waals surface area contributed by atoms with Gasteiger partial charge in [0.2, 0.25) is 0 Å². The lowest BCUT2D eigenvalue weighted by Gasteiger charge is -2.31. The number of benzene rings is 1. The summed E-state index contributed by atoms with van der Waals surface area (Å²) in [6.45, 7) is 4.72. The van der Waals surface area contributed by atoms with Gasteiger partial charge in [-0.25, -0.2) is 0 Å². The SMILES string of the molecule is CC(=O)OC[C@H]1O[C@H](c2cccc(C)c2)C=C[C@@H]1OC(C)=O.